The summed E-state index contributed by atoms with van der Waals surface area (Å²) >= 11 is 11.5. The van der Waals surface area contributed by atoms with Gasteiger partial charge in [-0.3, -0.25) is 4.79 Å². The van der Waals surface area contributed by atoms with E-state index in [1.165, 1.54) is 12.1 Å². The molecule has 6 heteroatoms. The Morgan fingerprint density at radius 1 is 1.33 bits per heavy atom. The molecule has 1 aliphatic heterocycles. The molecule has 1 aromatic rings. The molecule has 2 rings (SSSR count). The zero-order chi connectivity index (χ0) is 13.0. The largest absolute Gasteiger partial charge is 0.381 e. The SMILES string of the molecule is O=C(NCC1CCOCC1)c1cc(Cl)nc(Cl)c1. The van der Waals surface area contributed by atoms with Gasteiger partial charge in [-0.2, -0.15) is 0 Å². The number of nitrogens with zero attached hydrogens (tertiary/aromatic N) is 1. The molecule has 1 N–H and O–H groups in total. The Morgan fingerprint density at radius 3 is 2.56 bits per heavy atom. The van der Waals surface area contributed by atoms with E-state index in [4.69, 9.17) is 27.9 Å². The van der Waals surface area contributed by atoms with Gasteiger partial charge in [-0.25, -0.2) is 4.98 Å². The van der Waals surface area contributed by atoms with Crippen LogP contribution in [0.15, 0.2) is 12.1 Å². The van der Waals surface area contributed by atoms with E-state index in [2.05, 4.69) is 10.3 Å². The molecule has 18 heavy (non-hydrogen) atoms. The van der Waals surface area contributed by atoms with Crippen LogP contribution in [-0.2, 0) is 4.74 Å². The molecule has 98 valence electrons. The fraction of sp³-hybridized carbons (Fsp3) is 0.500. The first kappa shape index (κ1) is 13.6. The highest BCUT2D eigenvalue weighted by molar-refractivity contribution is 6.33. The van der Waals surface area contributed by atoms with Crippen LogP contribution in [0.5, 0.6) is 0 Å². The predicted octanol–water partition coefficient (Wildman–Crippen LogP) is 2.54. The second kappa shape index (κ2) is 6.36. The molecule has 1 saturated heterocycles. The normalized spacial score (nSPS) is 16.6. The molecule has 2 heterocycles. The van der Waals surface area contributed by atoms with Crippen molar-refractivity contribution < 1.29 is 9.53 Å². The van der Waals surface area contributed by atoms with Gasteiger partial charge in [0.25, 0.3) is 5.91 Å². The summed E-state index contributed by atoms with van der Waals surface area (Å²) in [6, 6.07) is 3.01. The summed E-state index contributed by atoms with van der Waals surface area (Å²) in [4.78, 5) is 15.7. The minimum Gasteiger partial charge on any atom is -0.381 e. The van der Waals surface area contributed by atoms with Crippen LogP contribution in [0.4, 0.5) is 0 Å². The zero-order valence-electron chi connectivity index (χ0n) is 9.79. The Morgan fingerprint density at radius 2 is 1.94 bits per heavy atom. The number of carbonyl (C=O) groups is 1. The van der Waals surface area contributed by atoms with Gasteiger partial charge in [0, 0.05) is 25.3 Å². The number of hydrogen-bond acceptors (Lipinski definition) is 3. The van der Waals surface area contributed by atoms with Crippen molar-refractivity contribution in [2.75, 3.05) is 19.8 Å². The zero-order valence-corrected chi connectivity index (χ0v) is 11.3. The van der Waals surface area contributed by atoms with E-state index in [0.717, 1.165) is 26.1 Å². The van der Waals surface area contributed by atoms with Crippen molar-refractivity contribution >= 4 is 29.1 Å². The van der Waals surface area contributed by atoms with E-state index in [1.54, 1.807) is 0 Å². The van der Waals surface area contributed by atoms with Crippen molar-refractivity contribution in [3.63, 3.8) is 0 Å². The first-order valence-electron chi connectivity index (χ1n) is 5.84. The molecule has 0 radical (unpaired) electrons. The Kier molecular flexibility index (Phi) is 4.80. The molecule has 0 atom stereocenters. The van der Waals surface area contributed by atoms with Crippen LogP contribution in [0.1, 0.15) is 23.2 Å². The lowest BCUT2D eigenvalue weighted by Crippen LogP contribution is -2.32. The fourth-order valence-electron chi connectivity index (χ4n) is 1.89. The quantitative estimate of drug-likeness (QED) is 0.870. The third-order valence-electron chi connectivity index (χ3n) is 2.92. The van der Waals surface area contributed by atoms with Gasteiger partial charge in [0.1, 0.15) is 10.3 Å². The Hall–Kier alpha value is -0.840. The van der Waals surface area contributed by atoms with E-state index in [-0.39, 0.29) is 16.2 Å². The number of nitrogens with one attached hydrogen (secondary N) is 1. The number of amides is 1. The molecule has 0 aliphatic carbocycles. The summed E-state index contributed by atoms with van der Waals surface area (Å²) in [6.45, 7) is 2.20. The second-order valence-corrected chi connectivity index (χ2v) is 5.04. The number of aromatic nitrogens is 1. The lowest BCUT2D eigenvalue weighted by Gasteiger charge is -2.22. The van der Waals surface area contributed by atoms with Crippen molar-refractivity contribution in [2.24, 2.45) is 5.92 Å². The van der Waals surface area contributed by atoms with Gasteiger partial charge in [0.15, 0.2) is 0 Å². The van der Waals surface area contributed by atoms with Gasteiger partial charge in [-0.15, -0.1) is 0 Å². The van der Waals surface area contributed by atoms with Crippen LogP contribution in [-0.4, -0.2) is 30.6 Å². The average Bonchev–Trinajstić information content (AvgIpc) is 2.36. The lowest BCUT2D eigenvalue weighted by molar-refractivity contribution is 0.0642. The first-order valence-corrected chi connectivity index (χ1v) is 6.60. The van der Waals surface area contributed by atoms with E-state index >= 15 is 0 Å². The maximum Gasteiger partial charge on any atom is 0.251 e. The Balaban J connectivity index is 1.90. The predicted molar refractivity (Wildman–Crippen MR) is 70.1 cm³/mol. The summed E-state index contributed by atoms with van der Waals surface area (Å²) < 4.78 is 5.27. The maximum absolute atomic E-state index is 11.9. The minimum absolute atomic E-state index is 0.173. The van der Waals surface area contributed by atoms with E-state index in [9.17, 15) is 4.79 Å². The van der Waals surface area contributed by atoms with Gasteiger partial charge in [0.2, 0.25) is 0 Å². The molecule has 0 aromatic carbocycles. The van der Waals surface area contributed by atoms with E-state index in [0.29, 0.717) is 18.0 Å². The summed E-state index contributed by atoms with van der Waals surface area (Å²) in [7, 11) is 0. The Labute approximate surface area is 116 Å². The van der Waals surface area contributed by atoms with Crippen molar-refractivity contribution in [1.82, 2.24) is 10.3 Å². The standard InChI is InChI=1S/C12H14Cl2N2O2/c13-10-5-9(6-11(14)16-10)12(17)15-7-8-1-3-18-4-2-8/h5-6,8H,1-4,7H2,(H,15,17). The smallest absolute Gasteiger partial charge is 0.251 e. The number of pyridine rings is 1. The highest BCUT2D eigenvalue weighted by atomic mass is 35.5. The molecular formula is C12H14Cl2N2O2. The number of hydrogen-bond donors (Lipinski definition) is 1. The summed E-state index contributed by atoms with van der Waals surface area (Å²) in [5.74, 6) is 0.308. The molecule has 1 amide bonds. The van der Waals surface area contributed by atoms with Gasteiger partial charge in [0.05, 0.1) is 0 Å². The van der Waals surface area contributed by atoms with Crippen molar-refractivity contribution in [3.8, 4) is 0 Å². The molecule has 0 bridgehead atoms. The molecule has 4 nitrogen and oxygen atoms in total. The maximum atomic E-state index is 11.9. The Bertz CT molecular complexity index is 414. The minimum atomic E-state index is -0.173. The fourth-order valence-corrected chi connectivity index (χ4v) is 2.35. The number of rotatable bonds is 3. The third-order valence-corrected chi connectivity index (χ3v) is 3.30. The van der Waals surface area contributed by atoms with Gasteiger partial charge >= 0.3 is 0 Å². The number of halogens is 2. The van der Waals surface area contributed by atoms with E-state index < -0.39 is 0 Å². The van der Waals surface area contributed by atoms with Crippen LogP contribution in [0.3, 0.4) is 0 Å². The van der Waals surface area contributed by atoms with Crippen molar-refractivity contribution in [2.45, 2.75) is 12.8 Å². The van der Waals surface area contributed by atoms with Gasteiger partial charge in [-0.05, 0) is 30.9 Å². The van der Waals surface area contributed by atoms with Crippen LogP contribution < -0.4 is 5.32 Å². The molecule has 1 fully saturated rings. The second-order valence-electron chi connectivity index (χ2n) is 4.27. The number of carbonyl (C=O) groups excluding carboxylic acids is 1. The van der Waals surface area contributed by atoms with Crippen molar-refractivity contribution in [3.05, 3.63) is 28.0 Å². The van der Waals surface area contributed by atoms with E-state index in [1.807, 2.05) is 0 Å². The third kappa shape index (κ3) is 3.83. The molecule has 0 saturated carbocycles. The summed E-state index contributed by atoms with van der Waals surface area (Å²) in [5, 5.41) is 3.33. The summed E-state index contributed by atoms with van der Waals surface area (Å²) in [6.07, 6.45) is 1.97. The van der Waals surface area contributed by atoms with Crippen LogP contribution >= 0.6 is 23.2 Å². The van der Waals surface area contributed by atoms with Crippen LogP contribution in [0.25, 0.3) is 0 Å². The van der Waals surface area contributed by atoms with Crippen LogP contribution in [0, 0.1) is 5.92 Å². The topological polar surface area (TPSA) is 51.2 Å². The van der Waals surface area contributed by atoms with Crippen molar-refractivity contribution in [1.29, 1.82) is 0 Å². The molecule has 0 spiro atoms. The molecule has 0 unspecified atom stereocenters. The molecular weight excluding hydrogens is 275 g/mol. The lowest BCUT2D eigenvalue weighted by atomic mass is 10.0. The first-order chi connectivity index (χ1) is 8.65. The highest BCUT2D eigenvalue weighted by Gasteiger charge is 2.15. The summed E-state index contributed by atoms with van der Waals surface area (Å²) in [5.41, 5.74) is 0.437. The highest BCUT2D eigenvalue weighted by Crippen LogP contribution is 2.16. The molecule has 1 aromatic heterocycles. The van der Waals surface area contributed by atoms with Gasteiger partial charge < -0.3 is 10.1 Å². The number of ether oxygens (including phenoxy) is 1. The molecule has 1 aliphatic rings. The average molecular weight is 289 g/mol. The van der Waals surface area contributed by atoms with Crippen LogP contribution in [0.2, 0.25) is 10.3 Å². The van der Waals surface area contributed by atoms with Gasteiger partial charge in [-0.1, -0.05) is 23.2 Å². The monoisotopic (exact) mass is 288 g/mol.